The Morgan fingerprint density at radius 3 is 2.13 bits per heavy atom. The maximum absolute atomic E-state index is 13.9. The van der Waals surface area contributed by atoms with Crippen molar-refractivity contribution in [1.82, 2.24) is 10.2 Å². The van der Waals surface area contributed by atoms with E-state index in [9.17, 15) is 18.0 Å². The molecule has 0 heterocycles. The molecule has 2 amide bonds. The summed E-state index contributed by atoms with van der Waals surface area (Å²) < 4.78 is 33.8. The molecule has 3 aromatic rings. The first kappa shape index (κ1) is 30.3. The van der Waals surface area contributed by atoms with Gasteiger partial charge in [0.25, 0.3) is 10.0 Å². The third-order valence-corrected chi connectivity index (χ3v) is 8.16. The number of sulfonamides is 1. The lowest BCUT2D eigenvalue weighted by molar-refractivity contribution is -0.139. The van der Waals surface area contributed by atoms with E-state index in [0.29, 0.717) is 15.8 Å². The standard InChI is InChI=1S/C28H31Cl2N3O5S/c1-19(2)31-28(35)20(3)32(17-21-8-10-22(29)11-9-21)27(34)18-33(24-7-5-6-23(30)16-24)39(36,37)26-14-12-25(38-4)13-15-26/h5-16,19-20H,17-18H2,1-4H3,(H,31,35)/t20-/m0/s1. The zero-order valence-corrected chi connectivity index (χ0v) is 24.4. The lowest BCUT2D eigenvalue weighted by atomic mass is 10.1. The quantitative estimate of drug-likeness (QED) is 0.333. The average Bonchev–Trinajstić information content (AvgIpc) is 2.90. The second kappa shape index (κ2) is 13.2. The molecule has 208 valence electrons. The van der Waals surface area contributed by atoms with Crippen molar-refractivity contribution < 1.29 is 22.7 Å². The molecule has 8 nitrogen and oxygen atoms in total. The first-order valence-electron chi connectivity index (χ1n) is 12.2. The Labute approximate surface area is 239 Å². The van der Waals surface area contributed by atoms with Gasteiger partial charge in [-0.1, -0.05) is 41.4 Å². The van der Waals surface area contributed by atoms with Crippen LogP contribution in [0.15, 0.2) is 77.7 Å². The molecular weight excluding hydrogens is 561 g/mol. The van der Waals surface area contributed by atoms with Crippen LogP contribution in [-0.2, 0) is 26.2 Å². The van der Waals surface area contributed by atoms with E-state index in [1.54, 1.807) is 49.4 Å². The van der Waals surface area contributed by atoms with Crippen LogP contribution < -0.4 is 14.4 Å². The number of hydrogen-bond donors (Lipinski definition) is 1. The summed E-state index contributed by atoms with van der Waals surface area (Å²) in [7, 11) is -2.74. The van der Waals surface area contributed by atoms with Crippen LogP contribution in [0.4, 0.5) is 5.69 Å². The Bertz CT molecular complexity index is 1400. The summed E-state index contributed by atoms with van der Waals surface area (Å²) in [5.74, 6) is -0.452. The molecule has 11 heteroatoms. The normalized spacial score (nSPS) is 12.1. The number of benzene rings is 3. The van der Waals surface area contributed by atoms with Gasteiger partial charge in [0.15, 0.2) is 0 Å². The Hall–Kier alpha value is -3.27. The molecule has 3 rings (SSSR count). The number of hydrogen-bond acceptors (Lipinski definition) is 5. The van der Waals surface area contributed by atoms with Gasteiger partial charge in [-0.3, -0.25) is 13.9 Å². The lowest BCUT2D eigenvalue weighted by Crippen LogP contribution is -2.52. The van der Waals surface area contributed by atoms with Crippen molar-refractivity contribution in [2.75, 3.05) is 18.0 Å². The molecule has 0 aliphatic rings. The van der Waals surface area contributed by atoms with Crippen molar-refractivity contribution in [3.8, 4) is 5.75 Å². The summed E-state index contributed by atoms with van der Waals surface area (Å²) in [5, 5.41) is 3.65. The van der Waals surface area contributed by atoms with Gasteiger partial charge in [-0.2, -0.15) is 0 Å². The van der Waals surface area contributed by atoms with Gasteiger partial charge < -0.3 is 15.0 Å². The zero-order valence-electron chi connectivity index (χ0n) is 22.1. The van der Waals surface area contributed by atoms with E-state index in [2.05, 4.69) is 5.32 Å². The summed E-state index contributed by atoms with van der Waals surface area (Å²) >= 11 is 12.2. The van der Waals surface area contributed by atoms with E-state index in [1.807, 2.05) is 13.8 Å². The van der Waals surface area contributed by atoms with E-state index in [-0.39, 0.29) is 29.1 Å². The van der Waals surface area contributed by atoms with Gasteiger partial charge in [-0.15, -0.1) is 0 Å². The molecule has 0 unspecified atom stereocenters. The van der Waals surface area contributed by atoms with E-state index >= 15 is 0 Å². The van der Waals surface area contributed by atoms with Crippen LogP contribution in [0.2, 0.25) is 10.0 Å². The summed E-state index contributed by atoms with van der Waals surface area (Å²) in [5.41, 5.74) is 0.932. The van der Waals surface area contributed by atoms with Crippen LogP contribution >= 0.6 is 23.2 Å². The van der Waals surface area contributed by atoms with Crippen LogP contribution in [0.25, 0.3) is 0 Å². The van der Waals surface area contributed by atoms with E-state index in [1.165, 1.54) is 42.3 Å². The van der Waals surface area contributed by atoms with Crippen molar-refractivity contribution in [2.45, 2.75) is 44.3 Å². The monoisotopic (exact) mass is 591 g/mol. The topological polar surface area (TPSA) is 96.0 Å². The minimum absolute atomic E-state index is 0.0362. The van der Waals surface area contributed by atoms with Crippen molar-refractivity contribution >= 4 is 50.7 Å². The summed E-state index contributed by atoms with van der Waals surface area (Å²) in [6.07, 6.45) is 0. The van der Waals surface area contributed by atoms with Gasteiger partial charge in [0.2, 0.25) is 11.8 Å². The van der Waals surface area contributed by atoms with Crippen molar-refractivity contribution in [3.63, 3.8) is 0 Å². The van der Waals surface area contributed by atoms with Gasteiger partial charge in [0.05, 0.1) is 17.7 Å². The van der Waals surface area contributed by atoms with Gasteiger partial charge >= 0.3 is 0 Å². The summed E-state index contributed by atoms with van der Waals surface area (Å²) in [6.45, 7) is 4.74. The fraction of sp³-hybridized carbons (Fsp3) is 0.286. The predicted molar refractivity (Wildman–Crippen MR) is 154 cm³/mol. The Morgan fingerprint density at radius 1 is 0.923 bits per heavy atom. The number of rotatable bonds is 11. The highest BCUT2D eigenvalue weighted by Gasteiger charge is 2.32. The Morgan fingerprint density at radius 2 is 1.56 bits per heavy atom. The molecule has 0 bridgehead atoms. The molecule has 1 N–H and O–H groups in total. The van der Waals surface area contributed by atoms with Gasteiger partial charge in [-0.25, -0.2) is 8.42 Å². The molecule has 0 aliphatic carbocycles. The summed E-state index contributed by atoms with van der Waals surface area (Å²) in [4.78, 5) is 28.1. The maximum atomic E-state index is 13.9. The number of nitrogens with one attached hydrogen (secondary N) is 1. The number of ether oxygens (including phenoxy) is 1. The molecule has 39 heavy (non-hydrogen) atoms. The number of carbonyl (C=O) groups excluding carboxylic acids is 2. The lowest BCUT2D eigenvalue weighted by Gasteiger charge is -2.32. The molecule has 0 spiro atoms. The van der Waals surface area contributed by atoms with Crippen LogP contribution in [0.1, 0.15) is 26.3 Å². The minimum Gasteiger partial charge on any atom is -0.497 e. The van der Waals surface area contributed by atoms with Gasteiger partial charge in [-0.05, 0) is 80.9 Å². The van der Waals surface area contributed by atoms with E-state index in [4.69, 9.17) is 27.9 Å². The zero-order chi connectivity index (χ0) is 28.7. The molecule has 3 aromatic carbocycles. The molecule has 0 saturated carbocycles. The second-order valence-electron chi connectivity index (χ2n) is 9.15. The molecule has 0 saturated heterocycles. The molecule has 0 fully saturated rings. The SMILES string of the molecule is COc1ccc(S(=O)(=O)N(CC(=O)N(Cc2ccc(Cl)cc2)[C@@H](C)C(=O)NC(C)C)c2cccc(Cl)c2)cc1. The maximum Gasteiger partial charge on any atom is 0.264 e. The fourth-order valence-electron chi connectivity index (χ4n) is 3.81. The molecule has 0 aliphatic heterocycles. The van der Waals surface area contributed by atoms with Gasteiger partial charge in [0, 0.05) is 22.6 Å². The summed E-state index contributed by atoms with van der Waals surface area (Å²) in [6, 6.07) is 17.9. The van der Waals surface area contributed by atoms with Crippen molar-refractivity contribution in [2.24, 2.45) is 0 Å². The van der Waals surface area contributed by atoms with E-state index in [0.717, 1.165) is 9.87 Å². The third kappa shape index (κ3) is 7.88. The van der Waals surface area contributed by atoms with Crippen LogP contribution in [0.3, 0.4) is 0 Å². The number of carbonyl (C=O) groups is 2. The van der Waals surface area contributed by atoms with Gasteiger partial charge in [0.1, 0.15) is 18.3 Å². The first-order chi connectivity index (χ1) is 18.4. The van der Waals surface area contributed by atoms with Crippen molar-refractivity contribution in [3.05, 3.63) is 88.4 Å². The van der Waals surface area contributed by atoms with Crippen molar-refractivity contribution in [1.29, 1.82) is 0 Å². The molecule has 1 atom stereocenters. The van der Waals surface area contributed by atoms with Crippen LogP contribution in [0.5, 0.6) is 5.75 Å². The number of anilines is 1. The number of nitrogens with zero attached hydrogens (tertiary/aromatic N) is 2. The highest BCUT2D eigenvalue weighted by Crippen LogP contribution is 2.28. The molecule has 0 aromatic heterocycles. The van der Waals surface area contributed by atoms with E-state index < -0.39 is 28.5 Å². The average molecular weight is 593 g/mol. The molecule has 0 radical (unpaired) electrons. The second-order valence-corrected chi connectivity index (χ2v) is 11.9. The number of methoxy groups -OCH3 is 1. The van der Waals surface area contributed by atoms with Crippen LogP contribution in [-0.4, -0.2) is 50.9 Å². The predicted octanol–water partition coefficient (Wildman–Crippen LogP) is 5.14. The Balaban J connectivity index is 2.03. The Kier molecular flexibility index (Phi) is 10.2. The highest BCUT2D eigenvalue weighted by atomic mass is 35.5. The number of amides is 2. The highest BCUT2D eigenvalue weighted by molar-refractivity contribution is 7.92. The minimum atomic E-state index is -4.21. The van der Waals surface area contributed by atoms with Crippen LogP contribution in [0, 0.1) is 0 Å². The smallest absolute Gasteiger partial charge is 0.264 e. The largest absolute Gasteiger partial charge is 0.497 e. The molecular formula is C28H31Cl2N3O5S. The number of halogens is 2. The fourth-order valence-corrected chi connectivity index (χ4v) is 5.53. The third-order valence-electron chi connectivity index (χ3n) is 5.89. The first-order valence-corrected chi connectivity index (χ1v) is 14.4.